The van der Waals surface area contributed by atoms with Gasteiger partial charge in [-0.15, -0.1) is 0 Å². The number of nitrogens with one attached hydrogen (secondary N) is 1. The maximum absolute atomic E-state index is 12.4. The molecule has 0 aliphatic carbocycles. The lowest BCUT2D eigenvalue weighted by atomic mass is 10.2. The summed E-state index contributed by atoms with van der Waals surface area (Å²) in [5, 5.41) is 3.46. The van der Waals surface area contributed by atoms with Crippen molar-refractivity contribution in [3.05, 3.63) is 54.0 Å². The van der Waals surface area contributed by atoms with E-state index in [1.54, 1.807) is 19.2 Å². The molecule has 2 aromatic rings. The van der Waals surface area contributed by atoms with E-state index in [2.05, 4.69) is 44.4 Å². The van der Waals surface area contributed by atoms with E-state index in [1.807, 2.05) is 16.7 Å². The zero-order valence-corrected chi connectivity index (χ0v) is 18.2. The molecule has 0 atom stereocenters. The SMILES string of the molecule is CN=C(NCc1ccc(N2CCSCC2)cc1)N1CCN(C(=O)c2ccco2)CC1. The highest BCUT2D eigenvalue weighted by Crippen LogP contribution is 2.20. The average molecular weight is 428 g/mol. The van der Waals surface area contributed by atoms with E-state index in [9.17, 15) is 4.79 Å². The molecule has 0 bridgehead atoms. The first kappa shape index (κ1) is 20.7. The van der Waals surface area contributed by atoms with Gasteiger partial charge >= 0.3 is 0 Å². The fraction of sp³-hybridized carbons (Fsp3) is 0.455. The Hall–Kier alpha value is -2.61. The van der Waals surface area contributed by atoms with E-state index in [-0.39, 0.29) is 5.91 Å². The summed E-state index contributed by atoms with van der Waals surface area (Å²) in [5.74, 6) is 3.64. The first-order valence-corrected chi connectivity index (χ1v) is 11.6. The summed E-state index contributed by atoms with van der Waals surface area (Å²) >= 11 is 2.03. The van der Waals surface area contributed by atoms with Gasteiger partial charge in [-0.05, 0) is 29.8 Å². The number of benzene rings is 1. The second-order valence-corrected chi connectivity index (χ2v) is 8.65. The summed E-state index contributed by atoms with van der Waals surface area (Å²) in [6.07, 6.45) is 1.54. The van der Waals surface area contributed by atoms with Crippen molar-refractivity contribution < 1.29 is 9.21 Å². The molecule has 0 saturated carbocycles. The van der Waals surface area contributed by atoms with E-state index in [4.69, 9.17) is 4.42 Å². The topological polar surface area (TPSA) is 64.3 Å². The van der Waals surface area contributed by atoms with Gasteiger partial charge in [-0.3, -0.25) is 9.79 Å². The molecule has 30 heavy (non-hydrogen) atoms. The molecule has 1 N–H and O–H groups in total. The normalized spacial score (nSPS) is 17.9. The number of nitrogens with zero attached hydrogens (tertiary/aromatic N) is 4. The number of carbonyl (C=O) groups excluding carboxylic acids is 1. The van der Waals surface area contributed by atoms with Gasteiger partial charge in [-0.2, -0.15) is 11.8 Å². The van der Waals surface area contributed by atoms with Gasteiger partial charge in [0, 0.05) is 70.1 Å². The molecule has 2 saturated heterocycles. The second-order valence-electron chi connectivity index (χ2n) is 7.42. The van der Waals surface area contributed by atoms with E-state index in [0.29, 0.717) is 18.8 Å². The molecule has 0 unspecified atom stereocenters. The number of rotatable bonds is 4. The minimum absolute atomic E-state index is 0.0463. The van der Waals surface area contributed by atoms with Crippen LogP contribution in [0.1, 0.15) is 16.1 Å². The Morgan fingerprint density at radius 3 is 2.37 bits per heavy atom. The third kappa shape index (κ3) is 4.92. The van der Waals surface area contributed by atoms with Crippen molar-refractivity contribution >= 4 is 29.3 Å². The highest BCUT2D eigenvalue weighted by molar-refractivity contribution is 7.99. The Balaban J connectivity index is 1.26. The summed E-state index contributed by atoms with van der Waals surface area (Å²) < 4.78 is 5.23. The van der Waals surface area contributed by atoms with Gasteiger partial charge in [0.25, 0.3) is 5.91 Å². The number of amides is 1. The zero-order chi connectivity index (χ0) is 20.8. The maximum atomic E-state index is 12.4. The third-order valence-corrected chi connectivity index (χ3v) is 6.52. The van der Waals surface area contributed by atoms with Crippen LogP contribution in [-0.2, 0) is 6.54 Å². The summed E-state index contributed by atoms with van der Waals surface area (Å²) in [7, 11) is 1.81. The Kier molecular flexibility index (Phi) is 6.84. The summed E-state index contributed by atoms with van der Waals surface area (Å²) in [6.45, 7) is 5.79. The fourth-order valence-corrected chi connectivity index (χ4v) is 4.74. The van der Waals surface area contributed by atoms with Crippen LogP contribution in [0.25, 0.3) is 0 Å². The van der Waals surface area contributed by atoms with Gasteiger partial charge in [0.2, 0.25) is 0 Å². The van der Waals surface area contributed by atoms with Gasteiger partial charge in [0.15, 0.2) is 11.7 Å². The first-order valence-electron chi connectivity index (χ1n) is 10.4. The predicted octanol–water partition coefficient (Wildman–Crippen LogP) is 2.37. The molecule has 4 rings (SSSR count). The zero-order valence-electron chi connectivity index (χ0n) is 17.4. The van der Waals surface area contributed by atoms with Crippen molar-refractivity contribution in [2.24, 2.45) is 4.99 Å². The fourth-order valence-electron chi connectivity index (χ4n) is 3.84. The van der Waals surface area contributed by atoms with E-state index in [0.717, 1.165) is 38.7 Å². The third-order valence-electron chi connectivity index (χ3n) is 5.57. The second kappa shape index (κ2) is 9.93. The van der Waals surface area contributed by atoms with Crippen molar-refractivity contribution in [2.45, 2.75) is 6.54 Å². The number of thioether (sulfide) groups is 1. The molecule has 160 valence electrons. The summed E-state index contributed by atoms with van der Waals surface area (Å²) in [6, 6.07) is 12.3. The van der Waals surface area contributed by atoms with Gasteiger partial charge in [0.1, 0.15) is 0 Å². The summed E-state index contributed by atoms with van der Waals surface area (Å²) in [4.78, 5) is 23.3. The number of aliphatic imine (C=N–C) groups is 1. The number of furan rings is 1. The van der Waals surface area contributed by atoms with Crippen molar-refractivity contribution in [1.82, 2.24) is 15.1 Å². The van der Waals surface area contributed by atoms with Crippen molar-refractivity contribution in [1.29, 1.82) is 0 Å². The van der Waals surface area contributed by atoms with Crippen molar-refractivity contribution in [3.8, 4) is 0 Å². The van der Waals surface area contributed by atoms with E-state index >= 15 is 0 Å². The largest absolute Gasteiger partial charge is 0.459 e. The van der Waals surface area contributed by atoms with Gasteiger partial charge < -0.3 is 24.4 Å². The molecule has 0 spiro atoms. The molecule has 1 aromatic carbocycles. The van der Waals surface area contributed by atoms with Crippen LogP contribution in [-0.4, -0.2) is 79.5 Å². The lowest BCUT2D eigenvalue weighted by Gasteiger charge is -2.36. The molecule has 1 amide bonds. The first-order chi connectivity index (χ1) is 14.7. The average Bonchev–Trinajstić information content (AvgIpc) is 3.35. The molecule has 7 nitrogen and oxygen atoms in total. The molecular formula is C22H29N5O2S. The Morgan fingerprint density at radius 1 is 1.03 bits per heavy atom. The molecule has 8 heteroatoms. The Bertz CT molecular complexity index is 839. The number of hydrogen-bond donors (Lipinski definition) is 1. The van der Waals surface area contributed by atoms with Gasteiger partial charge in [-0.25, -0.2) is 0 Å². The number of guanidine groups is 1. The lowest BCUT2D eigenvalue weighted by Crippen LogP contribution is -2.53. The predicted molar refractivity (Wildman–Crippen MR) is 122 cm³/mol. The van der Waals surface area contributed by atoms with Crippen LogP contribution in [0, 0.1) is 0 Å². The number of hydrogen-bond acceptors (Lipinski definition) is 5. The highest BCUT2D eigenvalue weighted by Gasteiger charge is 2.25. The van der Waals surface area contributed by atoms with Crippen LogP contribution in [0.15, 0.2) is 52.1 Å². The lowest BCUT2D eigenvalue weighted by molar-refractivity contribution is 0.0657. The standard InChI is InChI=1S/C22H29N5O2S/c1-23-22(27-10-8-26(9-11-27)21(28)20-3-2-14-29-20)24-17-18-4-6-19(7-5-18)25-12-15-30-16-13-25/h2-7,14H,8-13,15-17H2,1H3,(H,23,24). The van der Waals surface area contributed by atoms with Gasteiger partial charge in [0.05, 0.1) is 6.26 Å². The van der Waals surface area contributed by atoms with Crippen LogP contribution >= 0.6 is 11.8 Å². The molecule has 2 fully saturated rings. The molecule has 3 heterocycles. The molecule has 2 aliphatic heterocycles. The molecular weight excluding hydrogens is 398 g/mol. The van der Waals surface area contributed by atoms with E-state index in [1.165, 1.54) is 29.0 Å². The highest BCUT2D eigenvalue weighted by atomic mass is 32.2. The van der Waals surface area contributed by atoms with E-state index < -0.39 is 0 Å². The van der Waals surface area contributed by atoms with Crippen molar-refractivity contribution in [3.63, 3.8) is 0 Å². The Morgan fingerprint density at radius 2 is 1.73 bits per heavy atom. The maximum Gasteiger partial charge on any atom is 0.289 e. The van der Waals surface area contributed by atoms with Crippen molar-refractivity contribution in [2.75, 3.05) is 62.7 Å². The van der Waals surface area contributed by atoms with Crippen LogP contribution in [0.4, 0.5) is 5.69 Å². The smallest absolute Gasteiger partial charge is 0.289 e. The monoisotopic (exact) mass is 427 g/mol. The number of carbonyl (C=O) groups is 1. The molecule has 0 radical (unpaired) electrons. The van der Waals surface area contributed by atoms with Crippen LogP contribution in [0.3, 0.4) is 0 Å². The summed E-state index contributed by atoms with van der Waals surface area (Å²) in [5.41, 5.74) is 2.54. The number of piperazine rings is 1. The minimum atomic E-state index is -0.0463. The molecule has 2 aliphatic rings. The molecule has 1 aromatic heterocycles. The number of anilines is 1. The Labute approximate surface area is 182 Å². The van der Waals surface area contributed by atoms with Crippen LogP contribution < -0.4 is 10.2 Å². The quantitative estimate of drug-likeness (QED) is 0.597. The van der Waals surface area contributed by atoms with Crippen LogP contribution in [0.2, 0.25) is 0 Å². The van der Waals surface area contributed by atoms with Gasteiger partial charge in [-0.1, -0.05) is 12.1 Å². The minimum Gasteiger partial charge on any atom is -0.459 e. The van der Waals surface area contributed by atoms with Crippen LogP contribution in [0.5, 0.6) is 0 Å².